The largest absolute Gasteiger partial charge is 0.457 e. The average Bonchev–Trinajstić information content (AvgIpc) is 3.17. The maximum absolute atomic E-state index is 12.6. The number of rotatable bonds is 35. The fraction of sp³-hybridized carbons (Fsp3) is 0.756. The highest BCUT2D eigenvalue weighted by molar-refractivity contribution is 5.69. The van der Waals surface area contributed by atoms with Gasteiger partial charge in [0.05, 0.1) is 19.8 Å². The number of unbranched alkanes of at least 4 members (excludes halogenated alkanes) is 14. The molecular formula is C45H78O9. The molecule has 0 aliphatic carbocycles. The normalized spacial score (nSPS) is 21.5. The van der Waals surface area contributed by atoms with E-state index in [-0.39, 0.29) is 19.2 Å². The van der Waals surface area contributed by atoms with Crippen molar-refractivity contribution in [3.8, 4) is 0 Å². The van der Waals surface area contributed by atoms with Gasteiger partial charge in [-0.1, -0.05) is 152 Å². The summed E-state index contributed by atoms with van der Waals surface area (Å²) in [6.07, 6.45) is 38.4. The Hall–Kier alpha value is -2.11. The predicted molar refractivity (Wildman–Crippen MR) is 219 cm³/mol. The summed E-state index contributed by atoms with van der Waals surface area (Å²) in [4.78, 5) is 12.6. The van der Waals surface area contributed by atoms with Crippen LogP contribution in [0.15, 0.2) is 60.8 Å². The molecule has 6 atom stereocenters. The minimum atomic E-state index is -1.54. The van der Waals surface area contributed by atoms with Crippen LogP contribution in [-0.2, 0) is 23.7 Å². The first-order chi connectivity index (χ1) is 26.4. The molecule has 9 heteroatoms. The van der Waals surface area contributed by atoms with Gasteiger partial charge in [0.2, 0.25) is 0 Å². The second kappa shape index (κ2) is 36.5. The number of hydrogen-bond donors (Lipinski definition) is 4. The lowest BCUT2D eigenvalue weighted by atomic mass is 9.99. The minimum absolute atomic E-state index is 0.119. The number of aliphatic hydroxyl groups excluding tert-OH is 4. The molecule has 1 rings (SSSR count). The van der Waals surface area contributed by atoms with E-state index in [1.807, 2.05) is 0 Å². The van der Waals surface area contributed by atoms with Gasteiger partial charge in [-0.2, -0.15) is 0 Å². The predicted octanol–water partition coefficient (Wildman–Crippen LogP) is 9.13. The van der Waals surface area contributed by atoms with E-state index in [1.165, 1.54) is 57.8 Å². The summed E-state index contributed by atoms with van der Waals surface area (Å²) in [5.41, 5.74) is 0. The maximum Gasteiger partial charge on any atom is 0.306 e. The van der Waals surface area contributed by atoms with Crippen molar-refractivity contribution in [3.63, 3.8) is 0 Å². The van der Waals surface area contributed by atoms with Crippen molar-refractivity contribution in [2.45, 2.75) is 192 Å². The third-order valence-corrected chi connectivity index (χ3v) is 9.45. The van der Waals surface area contributed by atoms with Crippen molar-refractivity contribution in [3.05, 3.63) is 60.8 Å². The van der Waals surface area contributed by atoms with Crippen LogP contribution in [-0.4, -0.2) is 89.6 Å². The molecule has 0 aromatic heterocycles. The number of carbonyl (C=O) groups is 1. The van der Waals surface area contributed by atoms with E-state index >= 15 is 0 Å². The van der Waals surface area contributed by atoms with Crippen molar-refractivity contribution in [1.82, 2.24) is 0 Å². The van der Waals surface area contributed by atoms with Gasteiger partial charge in [-0.05, 0) is 57.8 Å². The highest BCUT2D eigenvalue weighted by Crippen LogP contribution is 2.22. The van der Waals surface area contributed by atoms with Crippen LogP contribution in [0.5, 0.6) is 0 Å². The molecule has 1 heterocycles. The Morgan fingerprint density at radius 3 is 1.70 bits per heavy atom. The first-order valence-corrected chi connectivity index (χ1v) is 21.4. The van der Waals surface area contributed by atoms with Gasteiger partial charge in [0.1, 0.15) is 30.5 Å². The number of carbonyl (C=O) groups excluding carboxylic acids is 1. The molecule has 0 aromatic carbocycles. The van der Waals surface area contributed by atoms with Crippen molar-refractivity contribution in [1.29, 1.82) is 0 Å². The quantitative estimate of drug-likeness (QED) is 0.0283. The molecule has 0 aromatic rings. The molecule has 4 N–H and O–H groups in total. The molecule has 1 aliphatic heterocycles. The fourth-order valence-corrected chi connectivity index (χ4v) is 6.11. The lowest BCUT2D eigenvalue weighted by Gasteiger charge is -2.39. The smallest absolute Gasteiger partial charge is 0.306 e. The molecule has 312 valence electrons. The van der Waals surface area contributed by atoms with Gasteiger partial charge in [0.25, 0.3) is 0 Å². The topological polar surface area (TPSA) is 135 Å². The molecule has 54 heavy (non-hydrogen) atoms. The van der Waals surface area contributed by atoms with Gasteiger partial charge in [-0.3, -0.25) is 4.79 Å². The van der Waals surface area contributed by atoms with Crippen LogP contribution >= 0.6 is 0 Å². The Morgan fingerprint density at radius 2 is 1.13 bits per heavy atom. The zero-order valence-electron chi connectivity index (χ0n) is 34.0. The summed E-state index contributed by atoms with van der Waals surface area (Å²) in [7, 11) is 0. The SMILES string of the molecule is CC/C=C\C/C=C\C/C=C\C/C=C\C/C=C\CCCCCCCCCCOCC(COC1OC(CO)C(O)C(O)C1O)OC(=O)CCCCCCCCC. The second-order valence-electron chi connectivity index (χ2n) is 14.4. The van der Waals surface area contributed by atoms with Crippen LogP contribution in [0, 0.1) is 0 Å². The van der Waals surface area contributed by atoms with Crippen LogP contribution in [0.2, 0.25) is 0 Å². The molecule has 0 saturated carbocycles. The standard InChI is InChI=1S/C45H78O9/c1-3-5-7-9-11-12-13-14-15-16-17-18-19-20-21-22-23-24-25-26-27-29-31-33-35-51-37-39(53-41(47)34-32-30-28-10-8-6-4-2)38-52-45-44(50)43(49)42(48)40(36-46)54-45/h5,7,11-12,14-15,17-18,20-21,39-40,42-46,48-50H,3-4,6,8-10,13,16,19,22-38H2,1-2H3/b7-5-,12-11-,15-14-,18-17-,21-20-. The minimum Gasteiger partial charge on any atom is -0.457 e. The Bertz CT molecular complexity index is 1010. The van der Waals surface area contributed by atoms with Crippen LogP contribution in [0.1, 0.15) is 155 Å². The van der Waals surface area contributed by atoms with Crippen LogP contribution in [0.3, 0.4) is 0 Å². The Labute approximate surface area is 328 Å². The van der Waals surface area contributed by atoms with E-state index < -0.39 is 43.4 Å². The first kappa shape index (κ1) is 49.9. The fourth-order valence-electron chi connectivity index (χ4n) is 6.11. The van der Waals surface area contributed by atoms with E-state index in [0.29, 0.717) is 13.0 Å². The summed E-state index contributed by atoms with van der Waals surface area (Å²) in [6, 6.07) is 0. The highest BCUT2D eigenvalue weighted by Gasteiger charge is 2.44. The Morgan fingerprint density at radius 1 is 0.611 bits per heavy atom. The molecule has 0 amide bonds. The van der Waals surface area contributed by atoms with Crippen molar-refractivity contribution in [2.75, 3.05) is 26.4 Å². The Balaban J connectivity index is 2.18. The van der Waals surface area contributed by atoms with Crippen molar-refractivity contribution >= 4 is 5.97 Å². The Kier molecular flexibility index (Phi) is 33.8. The van der Waals surface area contributed by atoms with E-state index in [0.717, 1.165) is 77.0 Å². The maximum atomic E-state index is 12.6. The van der Waals surface area contributed by atoms with Gasteiger partial charge < -0.3 is 39.4 Å². The number of aliphatic hydroxyl groups is 4. The highest BCUT2D eigenvalue weighted by atomic mass is 16.7. The molecule has 1 aliphatic rings. The number of ether oxygens (including phenoxy) is 4. The van der Waals surface area contributed by atoms with Gasteiger partial charge in [0, 0.05) is 13.0 Å². The lowest BCUT2D eigenvalue weighted by Crippen LogP contribution is -2.59. The molecular weight excluding hydrogens is 684 g/mol. The van der Waals surface area contributed by atoms with Crippen molar-refractivity contribution in [2.24, 2.45) is 0 Å². The summed E-state index contributed by atoms with van der Waals surface area (Å²) < 4.78 is 22.7. The van der Waals surface area contributed by atoms with Gasteiger partial charge in [-0.25, -0.2) is 0 Å². The zero-order valence-corrected chi connectivity index (χ0v) is 34.0. The molecule has 0 bridgehead atoms. The van der Waals surface area contributed by atoms with Crippen LogP contribution < -0.4 is 0 Å². The molecule has 1 saturated heterocycles. The third-order valence-electron chi connectivity index (χ3n) is 9.45. The third kappa shape index (κ3) is 27.5. The van der Waals surface area contributed by atoms with Crippen LogP contribution in [0.25, 0.3) is 0 Å². The summed E-state index contributed by atoms with van der Waals surface area (Å²) in [5.74, 6) is -0.326. The molecule has 1 fully saturated rings. The zero-order chi connectivity index (χ0) is 39.3. The average molecular weight is 763 g/mol. The molecule has 0 radical (unpaired) electrons. The first-order valence-electron chi connectivity index (χ1n) is 21.4. The van der Waals surface area contributed by atoms with E-state index in [9.17, 15) is 25.2 Å². The van der Waals surface area contributed by atoms with Crippen molar-refractivity contribution < 1.29 is 44.2 Å². The molecule has 0 spiro atoms. The summed E-state index contributed by atoms with van der Waals surface area (Å²) in [5, 5.41) is 39.9. The molecule has 6 unspecified atom stereocenters. The molecule has 9 nitrogen and oxygen atoms in total. The van der Waals surface area contributed by atoms with E-state index in [2.05, 4.69) is 74.6 Å². The van der Waals surface area contributed by atoms with Gasteiger partial charge in [0.15, 0.2) is 6.29 Å². The van der Waals surface area contributed by atoms with E-state index in [1.54, 1.807) is 0 Å². The number of esters is 1. The lowest BCUT2D eigenvalue weighted by molar-refractivity contribution is -0.305. The summed E-state index contributed by atoms with van der Waals surface area (Å²) in [6.45, 7) is 4.36. The monoisotopic (exact) mass is 763 g/mol. The van der Waals surface area contributed by atoms with E-state index in [4.69, 9.17) is 18.9 Å². The van der Waals surface area contributed by atoms with Gasteiger partial charge >= 0.3 is 5.97 Å². The number of hydrogen-bond acceptors (Lipinski definition) is 9. The summed E-state index contributed by atoms with van der Waals surface area (Å²) >= 11 is 0. The second-order valence-corrected chi connectivity index (χ2v) is 14.4. The van der Waals surface area contributed by atoms with Gasteiger partial charge in [-0.15, -0.1) is 0 Å². The van der Waals surface area contributed by atoms with Crippen LogP contribution in [0.4, 0.5) is 0 Å². The number of allylic oxidation sites excluding steroid dienone is 10.